The van der Waals surface area contributed by atoms with Crippen molar-refractivity contribution in [2.75, 3.05) is 18.4 Å². The Morgan fingerprint density at radius 2 is 2.14 bits per heavy atom. The Hall–Kier alpha value is -1.66. The number of nitro groups is 1. The number of nitrogens with one attached hydrogen (secondary N) is 2. The average molecular weight is 310 g/mol. The molecule has 0 bridgehead atoms. The number of carbonyl (C=O) groups is 1. The van der Waals surface area contributed by atoms with Gasteiger partial charge in [0.05, 0.1) is 4.92 Å². The van der Waals surface area contributed by atoms with E-state index in [4.69, 9.17) is 11.6 Å². The topological polar surface area (TPSA) is 84.3 Å². The maximum atomic E-state index is 12.3. The van der Waals surface area contributed by atoms with Crippen molar-refractivity contribution in [3.8, 4) is 0 Å². The predicted molar refractivity (Wildman–Crippen MR) is 79.4 cm³/mol. The van der Waals surface area contributed by atoms with Crippen molar-refractivity contribution >= 4 is 28.9 Å². The highest BCUT2D eigenvalue weighted by Crippen LogP contribution is 2.58. The monoisotopic (exact) mass is 309 g/mol. The molecule has 1 heterocycles. The summed E-state index contributed by atoms with van der Waals surface area (Å²) < 4.78 is 0. The van der Waals surface area contributed by atoms with Crippen LogP contribution in [0.2, 0.25) is 5.02 Å². The molecule has 0 radical (unpaired) electrons. The fourth-order valence-electron chi connectivity index (χ4n) is 3.16. The number of hydrogen-bond acceptors (Lipinski definition) is 4. The Kier molecular flexibility index (Phi) is 3.59. The second-order valence-corrected chi connectivity index (χ2v) is 6.19. The van der Waals surface area contributed by atoms with Crippen LogP contribution in [0.15, 0.2) is 18.2 Å². The molecule has 1 saturated heterocycles. The number of nitrogens with zero attached hydrogens (tertiary/aromatic N) is 1. The first-order valence-electron chi connectivity index (χ1n) is 6.97. The van der Waals surface area contributed by atoms with E-state index >= 15 is 0 Å². The van der Waals surface area contributed by atoms with Gasteiger partial charge in [-0.3, -0.25) is 14.9 Å². The van der Waals surface area contributed by atoms with E-state index in [0.717, 1.165) is 32.4 Å². The van der Waals surface area contributed by atoms with Crippen molar-refractivity contribution in [2.24, 2.45) is 11.3 Å². The van der Waals surface area contributed by atoms with Gasteiger partial charge in [-0.1, -0.05) is 11.6 Å². The standard InChI is InChI=1S/C14H16ClN3O3/c15-11-2-1-9(7-12(11)18(20)21)17-13(19)10-8-14(10)3-5-16-6-4-14/h1-2,7,10,16H,3-6,8H2,(H,17,19). The Bertz CT molecular complexity index is 599. The van der Waals surface area contributed by atoms with Gasteiger partial charge in [0.2, 0.25) is 5.91 Å². The third kappa shape index (κ3) is 2.73. The minimum absolute atomic E-state index is 0.0225. The quantitative estimate of drug-likeness (QED) is 0.664. The van der Waals surface area contributed by atoms with Gasteiger partial charge in [0.15, 0.2) is 0 Å². The van der Waals surface area contributed by atoms with E-state index in [1.54, 1.807) is 6.07 Å². The number of nitro benzene ring substituents is 1. The summed E-state index contributed by atoms with van der Waals surface area (Å²) >= 11 is 5.76. The molecule has 1 aromatic carbocycles. The molecule has 2 fully saturated rings. The molecule has 1 aliphatic heterocycles. The average Bonchev–Trinajstić information content (AvgIpc) is 3.15. The molecule has 1 unspecified atom stereocenters. The predicted octanol–water partition coefficient (Wildman–Crippen LogP) is 2.58. The highest BCUT2D eigenvalue weighted by atomic mass is 35.5. The van der Waals surface area contributed by atoms with Crippen molar-refractivity contribution in [3.63, 3.8) is 0 Å². The molecule has 1 aliphatic carbocycles. The van der Waals surface area contributed by atoms with Gasteiger partial charge in [-0.2, -0.15) is 0 Å². The fourth-order valence-corrected chi connectivity index (χ4v) is 3.34. The number of benzene rings is 1. The molecule has 1 spiro atoms. The number of piperidine rings is 1. The molecule has 1 aromatic rings. The lowest BCUT2D eigenvalue weighted by Gasteiger charge is -2.23. The van der Waals surface area contributed by atoms with Crippen LogP contribution in [0.25, 0.3) is 0 Å². The van der Waals surface area contributed by atoms with E-state index in [1.807, 2.05) is 0 Å². The van der Waals surface area contributed by atoms with Crippen LogP contribution in [0.3, 0.4) is 0 Å². The summed E-state index contributed by atoms with van der Waals surface area (Å²) in [4.78, 5) is 22.6. The van der Waals surface area contributed by atoms with E-state index in [1.165, 1.54) is 12.1 Å². The summed E-state index contributed by atoms with van der Waals surface area (Å²) in [6.45, 7) is 1.91. The first kappa shape index (κ1) is 14.3. The van der Waals surface area contributed by atoms with Crippen LogP contribution >= 0.6 is 11.6 Å². The lowest BCUT2D eigenvalue weighted by molar-refractivity contribution is -0.384. The summed E-state index contributed by atoms with van der Waals surface area (Å²) in [6, 6.07) is 4.32. The van der Waals surface area contributed by atoms with Crippen LogP contribution in [-0.2, 0) is 4.79 Å². The normalized spacial score (nSPS) is 22.8. The highest BCUT2D eigenvalue weighted by molar-refractivity contribution is 6.32. The Morgan fingerprint density at radius 3 is 2.81 bits per heavy atom. The molecule has 21 heavy (non-hydrogen) atoms. The molecule has 6 nitrogen and oxygen atoms in total. The van der Waals surface area contributed by atoms with Gasteiger partial charge in [-0.25, -0.2) is 0 Å². The van der Waals surface area contributed by atoms with Gasteiger partial charge in [0.25, 0.3) is 5.69 Å². The number of carbonyl (C=O) groups excluding carboxylic acids is 1. The second kappa shape index (κ2) is 5.27. The van der Waals surface area contributed by atoms with E-state index in [2.05, 4.69) is 10.6 Å². The number of halogens is 1. The van der Waals surface area contributed by atoms with E-state index in [-0.39, 0.29) is 28.0 Å². The molecular weight excluding hydrogens is 294 g/mol. The van der Waals surface area contributed by atoms with Crippen molar-refractivity contribution in [3.05, 3.63) is 33.3 Å². The summed E-state index contributed by atoms with van der Waals surface area (Å²) in [7, 11) is 0. The molecule has 2 N–H and O–H groups in total. The minimum atomic E-state index is -0.552. The first-order chi connectivity index (χ1) is 10.0. The van der Waals surface area contributed by atoms with Crippen molar-refractivity contribution in [1.82, 2.24) is 5.32 Å². The molecule has 3 rings (SSSR count). The van der Waals surface area contributed by atoms with E-state index in [9.17, 15) is 14.9 Å². The van der Waals surface area contributed by atoms with E-state index in [0.29, 0.717) is 5.69 Å². The Labute approximate surface area is 127 Å². The summed E-state index contributed by atoms with van der Waals surface area (Å²) in [5.74, 6) is -0.0251. The van der Waals surface area contributed by atoms with E-state index < -0.39 is 4.92 Å². The molecule has 1 saturated carbocycles. The lowest BCUT2D eigenvalue weighted by Crippen LogP contribution is -2.31. The van der Waals surface area contributed by atoms with Crippen LogP contribution < -0.4 is 10.6 Å². The summed E-state index contributed by atoms with van der Waals surface area (Å²) in [5.41, 5.74) is 0.377. The largest absolute Gasteiger partial charge is 0.326 e. The van der Waals surface area contributed by atoms with Crippen molar-refractivity contribution < 1.29 is 9.72 Å². The van der Waals surface area contributed by atoms with Gasteiger partial charge in [-0.05, 0) is 49.9 Å². The van der Waals surface area contributed by atoms with Gasteiger partial charge in [-0.15, -0.1) is 0 Å². The minimum Gasteiger partial charge on any atom is -0.326 e. The molecule has 1 amide bonds. The molecule has 7 heteroatoms. The number of hydrogen-bond donors (Lipinski definition) is 2. The highest BCUT2D eigenvalue weighted by Gasteiger charge is 2.57. The lowest BCUT2D eigenvalue weighted by atomic mass is 9.92. The van der Waals surface area contributed by atoms with Gasteiger partial charge in [0.1, 0.15) is 5.02 Å². The summed E-state index contributed by atoms with van der Waals surface area (Å²) in [6.07, 6.45) is 2.95. The zero-order valence-corrected chi connectivity index (χ0v) is 12.2. The fraction of sp³-hybridized carbons (Fsp3) is 0.500. The van der Waals surface area contributed by atoms with Crippen molar-refractivity contribution in [1.29, 1.82) is 0 Å². The number of rotatable bonds is 3. The zero-order valence-electron chi connectivity index (χ0n) is 11.4. The molecule has 1 atom stereocenters. The van der Waals surface area contributed by atoms with Crippen molar-refractivity contribution in [2.45, 2.75) is 19.3 Å². The third-order valence-corrected chi connectivity index (χ3v) is 4.84. The molecule has 112 valence electrons. The number of anilines is 1. The second-order valence-electron chi connectivity index (χ2n) is 5.78. The molecular formula is C14H16ClN3O3. The maximum Gasteiger partial charge on any atom is 0.289 e. The van der Waals surface area contributed by atoms with Crippen LogP contribution in [0, 0.1) is 21.4 Å². The third-order valence-electron chi connectivity index (χ3n) is 4.52. The van der Waals surface area contributed by atoms with Gasteiger partial charge >= 0.3 is 0 Å². The molecule has 2 aliphatic rings. The first-order valence-corrected chi connectivity index (χ1v) is 7.35. The number of amides is 1. The Balaban J connectivity index is 1.68. The van der Waals surface area contributed by atoms with Crippen LogP contribution in [0.4, 0.5) is 11.4 Å². The Morgan fingerprint density at radius 1 is 1.43 bits per heavy atom. The SMILES string of the molecule is O=C(Nc1ccc(Cl)c([N+](=O)[O-])c1)C1CC12CCNCC2. The van der Waals surface area contributed by atoms with Gasteiger partial charge < -0.3 is 10.6 Å². The zero-order chi connectivity index (χ0) is 15.0. The summed E-state index contributed by atoms with van der Waals surface area (Å²) in [5, 5.41) is 17.0. The maximum absolute atomic E-state index is 12.3. The van der Waals surface area contributed by atoms with Crippen LogP contribution in [-0.4, -0.2) is 23.9 Å². The molecule has 0 aromatic heterocycles. The van der Waals surface area contributed by atoms with Crippen LogP contribution in [0.5, 0.6) is 0 Å². The van der Waals surface area contributed by atoms with Crippen LogP contribution in [0.1, 0.15) is 19.3 Å². The smallest absolute Gasteiger partial charge is 0.289 e. The van der Waals surface area contributed by atoms with Gasteiger partial charge in [0, 0.05) is 17.7 Å².